The number of hydrogen-bond acceptors (Lipinski definition) is 0. The lowest BCUT2D eigenvalue weighted by Gasteiger charge is -2.45. The van der Waals surface area contributed by atoms with Crippen molar-refractivity contribution in [2.45, 2.75) is 155 Å². The summed E-state index contributed by atoms with van der Waals surface area (Å²) in [5.41, 5.74) is 0. The molecular weight excluding hydrogens is 388 g/mol. The van der Waals surface area contributed by atoms with Crippen LogP contribution < -0.4 is 0 Å². The van der Waals surface area contributed by atoms with E-state index in [1.54, 1.807) is 0 Å². The summed E-state index contributed by atoms with van der Waals surface area (Å²) in [4.78, 5) is 0. The molecule has 0 aromatic heterocycles. The molecule has 0 bridgehead atoms. The molecule has 0 atom stereocenters. The Bertz CT molecular complexity index is 352. The van der Waals surface area contributed by atoms with E-state index in [1.165, 1.54) is 150 Å². The van der Waals surface area contributed by atoms with E-state index in [4.69, 9.17) is 0 Å². The van der Waals surface area contributed by atoms with Gasteiger partial charge < -0.3 is 0 Å². The molecule has 0 aliphatic carbocycles. The first kappa shape index (κ1) is 31.9. The first-order chi connectivity index (χ1) is 15.3. The molecule has 0 aromatic carbocycles. The van der Waals surface area contributed by atoms with E-state index in [9.17, 15) is 0 Å². The van der Waals surface area contributed by atoms with Crippen molar-refractivity contribution in [3.8, 4) is 0 Å². The highest BCUT2D eigenvalue weighted by molar-refractivity contribution is 4.50. The van der Waals surface area contributed by atoms with Crippen LogP contribution in [-0.4, -0.2) is 56.4 Å². The quantitative estimate of drug-likeness (QED) is 0.0774. The van der Waals surface area contributed by atoms with E-state index in [1.807, 2.05) is 0 Å². The molecular formula is C30H66N2+2. The minimum atomic E-state index is 0.673. The fraction of sp³-hybridized carbons (Fsp3) is 1.00. The maximum Gasteiger partial charge on any atom is 0.213 e. The van der Waals surface area contributed by atoms with Crippen molar-refractivity contribution in [1.82, 2.24) is 0 Å². The molecule has 0 unspecified atom stereocenters. The van der Waals surface area contributed by atoms with Crippen molar-refractivity contribution < 1.29 is 8.97 Å². The van der Waals surface area contributed by atoms with Crippen LogP contribution in [0.25, 0.3) is 0 Å². The lowest BCUT2D eigenvalue weighted by atomic mass is 10.1. The third-order valence-corrected chi connectivity index (χ3v) is 8.20. The molecule has 0 radical (unpaired) electrons. The molecule has 0 spiro atoms. The Balaban J connectivity index is 3.84. The van der Waals surface area contributed by atoms with Crippen molar-refractivity contribution in [2.75, 3.05) is 41.3 Å². The Morgan fingerprint density at radius 2 is 0.594 bits per heavy atom. The molecule has 2 heteroatoms. The fourth-order valence-corrected chi connectivity index (χ4v) is 5.23. The Kier molecular flexibility index (Phi) is 20.3. The Morgan fingerprint density at radius 3 is 0.844 bits per heavy atom. The van der Waals surface area contributed by atoms with Crippen LogP contribution in [0.4, 0.5) is 0 Å². The lowest BCUT2D eigenvalue weighted by molar-refractivity contribution is -1.10. The summed E-state index contributed by atoms with van der Waals surface area (Å²) in [6.07, 6.45) is 29.4. The molecule has 0 aromatic rings. The third kappa shape index (κ3) is 17.4. The summed E-state index contributed by atoms with van der Waals surface area (Å²) in [5, 5.41) is 0. The van der Waals surface area contributed by atoms with Crippen molar-refractivity contribution in [3.63, 3.8) is 0 Å². The van der Waals surface area contributed by atoms with E-state index in [0.717, 1.165) is 0 Å². The first-order valence-corrected chi connectivity index (χ1v) is 14.9. The van der Waals surface area contributed by atoms with Crippen molar-refractivity contribution >= 4 is 0 Å². The van der Waals surface area contributed by atoms with Gasteiger partial charge in [0.15, 0.2) is 0 Å². The van der Waals surface area contributed by atoms with Gasteiger partial charge in [0, 0.05) is 6.92 Å². The molecule has 194 valence electrons. The second-order valence-corrected chi connectivity index (χ2v) is 12.0. The molecule has 32 heavy (non-hydrogen) atoms. The SMILES string of the molecule is CCCCCCCCCCCC[N+](C)(C)C(C)[N+](C)(C)CCCCCCCCCCCC. The number of rotatable bonds is 24. The second-order valence-electron chi connectivity index (χ2n) is 12.0. The minimum absolute atomic E-state index is 0.673. The Labute approximate surface area is 205 Å². The molecule has 0 aliphatic rings. The molecule has 2 nitrogen and oxygen atoms in total. The summed E-state index contributed by atoms with van der Waals surface area (Å²) < 4.78 is 2.34. The van der Waals surface area contributed by atoms with Crippen LogP contribution in [0.15, 0.2) is 0 Å². The zero-order chi connectivity index (χ0) is 24.1. The summed E-state index contributed by atoms with van der Waals surface area (Å²) in [7, 11) is 9.88. The van der Waals surface area contributed by atoms with Crippen molar-refractivity contribution in [3.05, 3.63) is 0 Å². The lowest BCUT2D eigenvalue weighted by Crippen LogP contribution is -2.63. The van der Waals surface area contributed by atoms with Crippen LogP contribution in [0.3, 0.4) is 0 Å². The smallest absolute Gasteiger partial charge is 0.213 e. The van der Waals surface area contributed by atoms with Gasteiger partial charge in [-0.15, -0.1) is 0 Å². The van der Waals surface area contributed by atoms with Gasteiger partial charge in [0.1, 0.15) is 0 Å². The predicted octanol–water partition coefficient (Wildman–Crippen LogP) is 9.33. The maximum atomic E-state index is 2.49. The van der Waals surface area contributed by atoms with Crippen LogP contribution in [0.2, 0.25) is 0 Å². The Morgan fingerprint density at radius 1 is 0.375 bits per heavy atom. The molecule has 0 saturated carbocycles. The highest BCUT2D eigenvalue weighted by atomic mass is 15.5. The topological polar surface area (TPSA) is 0 Å². The number of nitrogens with zero attached hydrogens (tertiary/aromatic N) is 2. The largest absolute Gasteiger partial charge is 0.280 e. The van der Waals surface area contributed by atoms with Gasteiger partial charge in [-0.2, -0.15) is 0 Å². The van der Waals surface area contributed by atoms with Gasteiger partial charge in [-0.05, 0) is 25.7 Å². The van der Waals surface area contributed by atoms with Gasteiger partial charge in [-0.25, -0.2) is 0 Å². The van der Waals surface area contributed by atoms with Crippen molar-refractivity contribution in [2.24, 2.45) is 0 Å². The van der Waals surface area contributed by atoms with E-state index in [2.05, 4.69) is 49.0 Å². The van der Waals surface area contributed by atoms with E-state index in [-0.39, 0.29) is 0 Å². The summed E-state index contributed by atoms with van der Waals surface area (Å²) >= 11 is 0. The molecule has 0 amide bonds. The summed E-state index contributed by atoms with van der Waals surface area (Å²) in [5.74, 6) is 0. The average Bonchev–Trinajstić information content (AvgIpc) is 2.75. The van der Waals surface area contributed by atoms with Crippen LogP contribution >= 0.6 is 0 Å². The number of quaternary nitrogens is 2. The fourth-order valence-electron chi connectivity index (χ4n) is 5.23. The Hall–Kier alpha value is -0.0800. The highest BCUT2D eigenvalue weighted by Gasteiger charge is 2.36. The van der Waals surface area contributed by atoms with Crippen molar-refractivity contribution in [1.29, 1.82) is 0 Å². The monoisotopic (exact) mass is 455 g/mol. The second kappa shape index (κ2) is 20.3. The normalized spacial score (nSPS) is 12.8. The molecule has 0 rings (SSSR count). The van der Waals surface area contributed by atoms with E-state index < -0.39 is 0 Å². The number of hydrogen-bond donors (Lipinski definition) is 0. The van der Waals surface area contributed by atoms with E-state index in [0.29, 0.717) is 6.17 Å². The van der Waals surface area contributed by atoms with E-state index >= 15 is 0 Å². The zero-order valence-corrected chi connectivity index (χ0v) is 24.0. The van der Waals surface area contributed by atoms with Crippen LogP contribution in [0.1, 0.15) is 149 Å². The standard InChI is InChI=1S/C30H66N2/c1-8-10-12-14-16-18-20-22-24-26-28-31(4,5)30(3)32(6,7)29-27-25-23-21-19-17-15-13-11-9-2/h30H,8-29H2,1-7H3/q+2. The molecule has 0 fully saturated rings. The van der Waals surface area contributed by atoms with Gasteiger partial charge in [-0.1, -0.05) is 117 Å². The predicted molar refractivity (Wildman–Crippen MR) is 147 cm³/mol. The van der Waals surface area contributed by atoms with Gasteiger partial charge in [0.25, 0.3) is 0 Å². The molecule has 0 N–H and O–H groups in total. The van der Waals surface area contributed by atoms with Crippen LogP contribution in [0, 0.1) is 0 Å². The van der Waals surface area contributed by atoms with Gasteiger partial charge in [0.05, 0.1) is 41.3 Å². The number of unbranched alkanes of at least 4 members (excludes halogenated alkanes) is 18. The third-order valence-electron chi connectivity index (χ3n) is 8.20. The molecule has 0 aliphatic heterocycles. The molecule has 0 saturated heterocycles. The summed E-state index contributed by atoms with van der Waals surface area (Å²) in [6, 6.07) is 0. The average molecular weight is 455 g/mol. The zero-order valence-electron chi connectivity index (χ0n) is 24.0. The van der Waals surface area contributed by atoms with Gasteiger partial charge in [-0.3, -0.25) is 8.97 Å². The highest BCUT2D eigenvalue weighted by Crippen LogP contribution is 2.20. The van der Waals surface area contributed by atoms with Gasteiger partial charge >= 0.3 is 0 Å². The minimum Gasteiger partial charge on any atom is -0.280 e. The van der Waals surface area contributed by atoms with Crippen LogP contribution in [-0.2, 0) is 0 Å². The van der Waals surface area contributed by atoms with Gasteiger partial charge in [0.2, 0.25) is 6.17 Å². The maximum absolute atomic E-state index is 2.49. The molecule has 0 heterocycles. The van der Waals surface area contributed by atoms with Crippen LogP contribution in [0.5, 0.6) is 0 Å². The summed E-state index contributed by atoms with van der Waals surface area (Å²) in [6.45, 7) is 9.76. The first-order valence-electron chi connectivity index (χ1n) is 14.9.